The lowest BCUT2D eigenvalue weighted by molar-refractivity contribution is 0.0507. The molecule has 3 aromatic rings. The Hall–Kier alpha value is -3.12. The Labute approximate surface area is 184 Å². The van der Waals surface area contributed by atoms with Gasteiger partial charge in [-0.3, -0.25) is 9.48 Å². The first-order chi connectivity index (χ1) is 15.1. The standard InChI is InChI=1S/C25H30N4O2/c1-27(2)23-12-8-20(9-13-23)17-28(19-24-5-3-16-31-24)25(30)22-10-6-21(7-11-22)18-29-15-4-14-26-29/h4,6-15,24H,3,5,16-19H2,1-2H3/t24-/m0/s1. The van der Waals surface area contributed by atoms with Gasteiger partial charge in [0.15, 0.2) is 0 Å². The lowest BCUT2D eigenvalue weighted by Crippen LogP contribution is -2.37. The van der Waals surface area contributed by atoms with Crippen molar-refractivity contribution in [1.82, 2.24) is 14.7 Å². The number of hydrogen-bond acceptors (Lipinski definition) is 4. The first-order valence-electron chi connectivity index (χ1n) is 10.8. The fraction of sp³-hybridized carbons (Fsp3) is 0.360. The third-order valence-corrected chi connectivity index (χ3v) is 5.67. The fourth-order valence-electron chi connectivity index (χ4n) is 3.89. The van der Waals surface area contributed by atoms with Gasteiger partial charge in [0.25, 0.3) is 5.91 Å². The van der Waals surface area contributed by atoms with Crippen LogP contribution < -0.4 is 4.90 Å². The molecule has 0 aliphatic carbocycles. The van der Waals surface area contributed by atoms with Gasteiger partial charge in [0.2, 0.25) is 0 Å². The van der Waals surface area contributed by atoms with E-state index in [9.17, 15) is 4.79 Å². The number of nitrogens with zero attached hydrogens (tertiary/aromatic N) is 4. The molecule has 6 nitrogen and oxygen atoms in total. The summed E-state index contributed by atoms with van der Waals surface area (Å²) in [6.07, 6.45) is 5.89. The molecule has 2 heterocycles. The van der Waals surface area contributed by atoms with Crippen LogP contribution in [0.25, 0.3) is 0 Å². The van der Waals surface area contributed by atoms with E-state index in [4.69, 9.17) is 4.74 Å². The van der Waals surface area contributed by atoms with E-state index in [2.05, 4.69) is 34.3 Å². The van der Waals surface area contributed by atoms with E-state index in [1.807, 2.05) is 60.2 Å². The van der Waals surface area contributed by atoms with Gasteiger partial charge in [-0.2, -0.15) is 5.10 Å². The SMILES string of the molecule is CN(C)c1ccc(CN(C[C@@H]2CCCO2)C(=O)c2ccc(Cn3cccn3)cc2)cc1. The molecule has 162 valence electrons. The van der Waals surface area contributed by atoms with Crippen LogP contribution in [0.15, 0.2) is 67.0 Å². The average Bonchev–Trinajstić information content (AvgIpc) is 3.48. The van der Waals surface area contributed by atoms with Crippen LogP contribution in [0.1, 0.15) is 34.3 Å². The molecule has 0 spiro atoms. The van der Waals surface area contributed by atoms with Crippen molar-refractivity contribution in [3.05, 3.63) is 83.7 Å². The van der Waals surface area contributed by atoms with E-state index < -0.39 is 0 Å². The van der Waals surface area contributed by atoms with Crippen molar-refractivity contribution >= 4 is 11.6 Å². The Morgan fingerprint density at radius 1 is 1.10 bits per heavy atom. The summed E-state index contributed by atoms with van der Waals surface area (Å²) in [5.74, 6) is 0.0397. The Balaban J connectivity index is 1.48. The molecule has 0 N–H and O–H groups in total. The molecule has 6 heteroatoms. The molecular weight excluding hydrogens is 388 g/mol. The third-order valence-electron chi connectivity index (χ3n) is 5.67. The maximum atomic E-state index is 13.4. The predicted molar refractivity (Wildman–Crippen MR) is 122 cm³/mol. The average molecular weight is 419 g/mol. The Morgan fingerprint density at radius 3 is 2.45 bits per heavy atom. The maximum absolute atomic E-state index is 13.4. The maximum Gasteiger partial charge on any atom is 0.254 e. The molecule has 0 unspecified atom stereocenters. The molecule has 1 aliphatic rings. The van der Waals surface area contributed by atoms with E-state index in [0.29, 0.717) is 25.2 Å². The number of aromatic nitrogens is 2. The lowest BCUT2D eigenvalue weighted by atomic mass is 10.1. The smallest absolute Gasteiger partial charge is 0.254 e. The highest BCUT2D eigenvalue weighted by Crippen LogP contribution is 2.19. The van der Waals surface area contributed by atoms with E-state index in [1.54, 1.807) is 6.20 Å². The molecule has 31 heavy (non-hydrogen) atoms. The zero-order valence-corrected chi connectivity index (χ0v) is 18.3. The van der Waals surface area contributed by atoms with Crippen LogP contribution in [0.2, 0.25) is 0 Å². The van der Waals surface area contributed by atoms with Crippen molar-refractivity contribution < 1.29 is 9.53 Å². The van der Waals surface area contributed by atoms with Crippen molar-refractivity contribution in [2.24, 2.45) is 0 Å². The summed E-state index contributed by atoms with van der Waals surface area (Å²) >= 11 is 0. The minimum atomic E-state index is 0.0397. The van der Waals surface area contributed by atoms with Crippen LogP contribution in [0, 0.1) is 0 Å². The molecular formula is C25H30N4O2. The highest BCUT2D eigenvalue weighted by Gasteiger charge is 2.23. The van der Waals surface area contributed by atoms with Crippen molar-refractivity contribution in [2.75, 3.05) is 32.1 Å². The summed E-state index contributed by atoms with van der Waals surface area (Å²) < 4.78 is 7.70. The van der Waals surface area contributed by atoms with Gasteiger partial charge in [-0.1, -0.05) is 24.3 Å². The van der Waals surface area contributed by atoms with Gasteiger partial charge >= 0.3 is 0 Å². The van der Waals surface area contributed by atoms with Gasteiger partial charge in [-0.25, -0.2) is 0 Å². The molecule has 4 rings (SSSR count). The van der Waals surface area contributed by atoms with E-state index in [-0.39, 0.29) is 12.0 Å². The van der Waals surface area contributed by atoms with E-state index >= 15 is 0 Å². The van der Waals surface area contributed by atoms with Crippen LogP contribution in [0.4, 0.5) is 5.69 Å². The largest absolute Gasteiger partial charge is 0.378 e. The van der Waals surface area contributed by atoms with Gasteiger partial charge in [-0.15, -0.1) is 0 Å². The minimum absolute atomic E-state index is 0.0397. The summed E-state index contributed by atoms with van der Waals surface area (Å²) in [6.45, 7) is 2.66. The van der Waals surface area contributed by atoms with Crippen LogP contribution in [-0.4, -0.2) is 53.9 Å². The number of carbonyl (C=O) groups excluding carboxylic acids is 1. The number of ether oxygens (including phenoxy) is 1. The van der Waals surface area contributed by atoms with E-state index in [0.717, 1.165) is 36.3 Å². The molecule has 1 aromatic heterocycles. The van der Waals surface area contributed by atoms with Gasteiger partial charge in [0, 0.05) is 57.4 Å². The minimum Gasteiger partial charge on any atom is -0.378 e. The van der Waals surface area contributed by atoms with Gasteiger partial charge < -0.3 is 14.5 Å². The molecule has 1 aliphatic heterocycles. The molecule has 0 saturated carbocycles. The Kier molecular flexibility index (Phi) is 6.67. The fourth-order valence-corrected chi connectivity index (χ4v) is 3.89. The number of anilines is 1. The van der Waals surface area contributed by atoms with Crippen LogP contribution >= 0.6 is 0 Å². The monoisotopic (exact) mass is 418 g/mol. The number of carbonyl (C=O) groups is 1. The van der Waals surface area contributed by atoms with Crippen LogP contribution in [0.5, 0.6) is 0 Å². The summed E-state index contributed by atoms with van der Waals surface area (Å²) in [5, 5.41) is 4.24. The van der Waals surface area contributed by atoms with Crippen LogP contribution in [-0.2, 0) is 17.8 Å². The van der Waals surface area contributed by atoms with E-state index in [1.165, 1.54) is 0 Å². The Morgan fingerprint density at radius 2 is 1.84 bits per heavy atom. The van der Waals surface area contributed by atoms with Crippen molar-refractivity contribution in [3.8, 4) is 0 Å². The molecule has 1 saturated heterocycles. The second-order valence-electron chi connectivity index (χ2n) is 8.28. The van der Waals surface area contributed by atoms with Crippen molar-refractivity contribution in [1.29, 1.82) is 0 Å². The third kappa shape index (κ3) is 5.52. The van der Waals surface area contributed by atoms with Gasteiger partial charge in [-0.05, 0) is 54.3 Å². The molecule has 0 bridgehead atoms. The summed E-state index contributed by atoms with van der Waals surface area (Å²) in [6, 6.07) is 18.1. The molecule has 2 aromatic carbocycles. The second-order valence-corrected chi connectivity index (χ2v) is 8.28. The second kappa shape index (κ2) is 9.79. The highest BCUT2D eigenvalue weighted by atomic mass is 16.5. The van der Waals surface area contributed by atoms with Crippen molar-refractivity contribution in [3.63, 3.8) is 0 Å². The lowest BCUT2D eigenvalue weighted by Gasteiger charge is -2.26. The predicted octanol–water partition coefficient (Wildman–Crippen LogP) is 3.82. The zero-order valence-electron chi connectivity index (χ0n) is 18.3. The normalized spacial score (nSPS) is 15.7. The molecule has 1 amide bonds. The quantitative estimate of drug-likeness (QED) is 0.558. The highest BCUT2D eigenvalue weighted by molar-refractivity contribution is 5.94. The summed E-state index contributed by atoms with van der Waals surface area (Å²) in [4.78, 5) is 17.4. The molecule has 0 radical (unpaired) electrons. The molecule has 1 fully saturated rings. The van der Waals surface area contributed by atoms with Crippen molar-refractivity contribution in [2.45, 2.75) is 32.0 Å². The number of amides is 1. The molecule has 1 atom stereocenters. The first-order valence-corrected chi connectivity index (χ1v) is 10.8. The Bertz CT molecular complexity index is 960. The summed E-state index contributed by atoms with van der Waals surface area (Å²) in [5.41, 5.74) is 4.08. The van der Waals surface area contributed by atoms with Gasteiger partial charge in [0.05, 0.1) is 12.6 Å². The number of rotatable bonds is 8. The van der Waals surface area contributed by atoms with Gasteiger partial charge in [0.1, 0.15) is 0 Å². The first kappa shape index (κ1) is 21.1. The number of benzene rings is 2. The zero-order chi connectivity index (χ0) is 21.6. The summed E-state index contributed by atoms with van der Waals surface area (Å²) in [7, 11) is 4.05. The number of hydrogen-bond donors (Lipinski definition) is 0. The van der Waals surface area contributed by atoms with Crippen LogP contribution in [0.3, 0.4) is 0 Å². The topological polar surface area (TPSA) is 50.6 Å².